The van der Waals surface area contributed by atoms with E-state index in [1.54, 1.807) is 6.92 Å². The predicted octanol–water partition coefficient (Wildman–Crippen LogP) is 3.29. The average Bonchev–Trinajstić information content (AvgIpc) is 2.24. The molecule has 0 atom stereocenters. The van der Waals surface area contributed by atoms with E-state index in [9.17, 15) is 13.2 Å². The van der Waals surface area contributed by atoms with Gasteiger partial charge in [-0.25, -0.2) is 0 Å². The van der Waals surface area contributed by atoms with Gasteiger partial charge in [-0.2, -0.15) is 13.2 Å². The molecule has 0 saturated heterocycles. The van der Waals surface area contributed by atoms with Crippen LogP contribution in [0, 0.1) is 0 Å². The fraction of sp³-hybridized carbons (Fsp3) is 0.455. The van der Waals surface area contributed by atoms with Crippen molar-refractivity contribution in [2.24, 2.45) is 0 Å². The lowest BCUT2D eigenvalue weighted by molar-refractivity contribution is -0.137. The molecule has 1 aromatic carbocycles. The first kappa shape index (κ1) is 14.3. The van der Waals surface area contributed by atoms with Crippen LogP contribution in [0.4, 0.5) is 18.9 Å². The van der Waals surface area contributed by atoms with Crippen LogP contribution in [0.25, 0.3) is 0 Å². The summed E-state index contributed by atoms with van der Waals surface area (Å²) >= 11 is 3.16. The topological polar surface area (TPSA) is 23.5 Å². The number of anilines is 1. The van der Waals surface area contributed by atoms with Crippen LogP contribution < -0.4 is 4.90 Å². The van der Waals surface area contributed by atoms with Crippen LogP contribution in [-0.4, -0.2) is 24.8 Å². The van der Waals surface area contributed by atoms with Crippen LogP contribution >= 0.6 is 15.9 Å². The van der Waals surface area contributed by atoms with Crippen molar-refractivity contribution in [3.05, 3.63) is 28.2 Å². The van der Waals surface area contributed by atoms with Gasteiger partial charge in [0.2, 0.25) is 0 Å². The summed E-state index contributed by atoms with van der Waals surface area (Å²) in [5.41, 5.74) is -0.598. The Morgan fingerprint density at radius 3 is 2.47 bits per heavy atom. The van der Waals surface area contributed by atoms with Gasteiger partial charge in [0, 0.05) is 17.6 Å². The van der Waals surface area contributed by atoms with Crippen molar-refractivity contribution in [2.45, 2.75) is 13.1 Å². The second-order valence-corrected chi connectivity index (χ2v) is 4.38. The molecule has 96 valence electrons. The van der Waals surface area contributed by atoms with Crippen molar-refractivity contribution in [2.75, 3.05) is 24.6 Å². The largest absolute Gasteiger partial charge is 0.418 e. The van der Waals surface area contributed by atoms with Crippen molar-refractivity contribution in [3.63, 3.8) is 0 Å². The van der Waals surface area contributed by atoms with Crippen LogP contribution in [0.2, 0.25) is 0 Å². The standard InChI is InChI=1S/C11H13BrF3NO/c1-2-16(5-6-17)10-7-8(12)3-4-9(10)11(13,14)15/h3-4,7,17H,2,5-6H2,1H3. The SMILES string of the molecule is CCN(CCO)c1cc(Br)ccc1C(F)(F)F. The highest BCUT2D eigenvalue weighted by Crippen LogP contribution is 2.37. The maximum atomic E-state index is 12.8. The Morgan fingerprint density at radius 1 is 1.35 bits per heavy atom. The fourth-order valence-corrected chi connectivity index (χ4v) is 1.92. The van der Waals surface area contributed by atoms with E-state index in [1.165, 1.54) is 17.0 Å². The molecule has 0 bridgehead atoms. The van der Waals surface area contributed by atoms with Crippen LogP contribution in [0.3, 0.4) is 0 Å². The van der Waals surface area contributed by atoms with E-state index >= 15 is 0 Å². The van der Waals surface area contributed by atoms with Crippen molar-refractivity contribution in [1.82, 2.24) is 0 Å². The molecule has 0 saturated carbocycles. The molecule has 0 radical (unpaired) electrons. The highest BCUT2D eigenvalue weighted by atomic mass is 79.9. The van der Waals surface area contributed by atoms with Gasteiger partial charge in [0.05, 0.1) is 17.9 Å². The number of benzene rings is 1. The van der Waals surface area contributed by atoms with E-state index in [0.717, 1.165) is 6.07 Å². The minimum atomic E-state index is -4.39. The van der Waals surface area contributed by atoms with Gasteiger partial charge >= 0.3 is 6.18 Å². The monoisotopic (exact) mass is 311 g/mol. The molecule has 1 rings (SSSR count). The zero-order valence-corrected chi connectivity index (χ0v) is 10.8. The Kier molecular flexibility index (Phi) is 4.82. The molecule has 2 nitrogen and oxygen atoms in total. The number of alkyl halides is 3. The van der Waals surface area contributed by atoms with E-state index in [1.807, 2.05) is 0 Å². The summed E-state index contributed by atoms with van der Waals surface area (Å²) in [4.78, 5) is 1.49. The zero-order valence-electron chi connectivity index (χ0n) is 9.26. The summed E-state index contributed by atoms with van der Waals surface area (Å²) in [5, 5.41) is 8.86. The lowest BCUT2D eigenvalue weighted by atomic mass is 10.1. The molecular weight excluding hydrogens is 299 g/mol. The summed E-state index contributed by atoms with van der Waals surface area (Å²) in [7, 11) is 0. The van der Waals surface area contributed by atoms with E-state index in [2.05, 4.69) is 15.9 Å². The summed E-state index contributed by atoms with van der Waals surface area (Å²) < 4.78 is 39.0. The fourth-order valence-electron chi connectivity index (χ4n) is 1.58. The number of nitrogens with zero attached hydrogens (tertiary/aromatic N) is 1. The number of aliphatic hydroxyl groups is 1. The van der Waals surface area contributed by atoms with Gasteiger partial charge in [-0.3, -0.25) is 0 Å². The molecule has 1 N–H and O–H groups in total. The summed E-state index contributed by atoms with van der Waals surface area (Å²) in [6, 6.07) is 3.82. The summed E-state index contributed by atoms with van der Waals surface area (Å²) in [6.07, 6.45) is -4.39. The minimum absolute atomic E-state index is 0.0865. The van der Waals surface area contributed by atoms with Crippen LogP contribution in [0.5, 0.6) is 0 Å². The lowest BCUT2D eigenvalue weighted by Crippen LogP contribution is -2.28. The molecule has 0 spiro atoms. The molecule has 17 heavy (non-hydrogen) atoms. The highest BCUT2D eigenvalue weighted by molar-refractivity contribution is 9.10. The van der Waals surface area contributed by atoms with Gasteiger partial charge in [0.25, 0.3) is 0 Å². The van der Waals surface area contributed by atoms with Crippen molar-refractivity contribution in [1.29, 1.82) is 0 Å². The molecule has 0 heterocycles. The van der Waals surface area contributed by atoms with E-state index in [-0.39, 0.29) is 18.8 Å². The highest BCUT2D eigenvalue weighted by Gasteiger charge is 2.34. The zero-order chi connectivity index (χ0) is 13.1. The Balaban J connectivity index is 3.23. The van der Waals surface area contributed by atoms with Gasteiger partial charge in [0.15, 0.2) is 0 Å². The second-order valence-electron chi connectivity index (χ2n) is 3.46. The summed E-state index contributed by atoms with van der Waals surface area (Å²) in [5.74, 6) is 0. The van der Waals surface area contributed by atoms with Crippen molar-refractivity contribution in [3.8, 4) is 0 Å². The van der Waals surface area contributed by atoms with Gasteiger partial charge < -0.3 is 10.0 Å². The van der Waals surface area contributed by atoms with E-state index in [0.29, 0.717) is 11.0 Å². The maximum Gasteiger partial charge on any atom is 0.418 e. The maximum absolute atomic E-state index is 12.8. The third-order valence-corrected chi connectivity index (χ3v) is 2.85. The smallest absolute Gasteiger partial charge is 0.395 e. The molecule has 0 amide bonds. The first-order valence-corrected chi connectivity index (χ1v) is 5.92. The number of rotatable bonds is 4. The third-order valence-electron chi connectivity index (χ3n) is 2.36. The number of likely N-dealkylation sites (N-methyl/N-ethyl adjacent to an activating group) is 1. The van der Waals surface area contributed by atoms with Crippen molar-refractivity contribution < 1.29 is 18.3 Å². The molecule has 0 aliphatic heterocycles. The lowest BCUT2D eigenvalue weighted by Gasteiger charge is -2.26. The molecule has 0 aromatic heterocycles. The van der Waals surface area contributed by atoms with Crippen LogP contribution in [-0.2, 0) is 6.18 Å². The average molecular weight is 312 g/mol. The van der Waals surface area contributed by atoms with Gasteiger partial charge in [-0.1, -0.05) is 15.9 Å². The number of hydrogen-bond acceptors (Lipinski definition) is 2. The number of aliphatic hydroxyl groups excluding tert-OH is 1. The quantitative estimate of drug-likeness (QED) is 0.922. The molecule has 0 aliphatic carbocycles. The molecule has 0 unspecified atom stereocenters. The van der Waals surface area contributed by atoms with E-state index < -0.39 is 11.7 Å². The Bertz CT molecular complexity index is 381. The Morgan fingerprint density at radius 2 is 2.00 bits per heavy atom. The number of halogens is 4. The normalized spacial score (nSPS) is 11.6. The molecule has 1 aromatic rings. The molecule has 6 heteroatoms. The van der Waals surface area contributed by atoms with Crippen molar-refractivity contribution >= 4 is 21.6 Å². The predicted molar refractivity (Wildman–Crippen MR) is 64.1 cm³/mol. The number of hydrogen-bond donors (Lipinski definition) is 1. The Labute approximate surface area is 106 Å². The third kappa shape index (κ3) is 3.61. The first-order valence-electron chi connectivity index (χ1n) is 5.12. The van der Waals surface area contributed by atoms with Crippen LogP contribution in [0.15, 0.2) is 22.7 Å². The summed E-state index contributed by atoms with van der Waals surface area (Å²) in [6.45, 7) is 2.14. The van der Waals surface area contributed by atoms with Gasteiger partial charge in [0.1, 0.15) is 0 Å². The van der Waals surface area contributed by atoms with Gasteiger partial charge in [-0.15, -0.1) is 0 Å². The minimum Gasteiger partial charge on any atom is -0.395 e. The molecular formula is C11H13BrF3NO. The Hall–Kier alpha value is -0.750. The second kappa shape index (κ2) is 5.73. The molecule has 0 aliphatic rings. The van der Waals surface area contributed by atoms with E-state index in [4.69, 9.17) is 5.11 Å². The van der Waals surface area contributed by atoms with Gasteiger partial charge in [-0.05, 0) is 25.1 Å². The first-order chi connectivity index (χ1) is 7.90. The van der Waals surface area contributed by atoms with Crippen LogP contribution in [0.1, 0.15) is 12.5 Å². The molecule has 0 fully saturated rings.